The molecule has 3 N–H and O–H groups in total. The summed E-state index contributed by atoms with van der Waals surface area (Å²) in [5.74, 6) is 2.47. The van der Waals surface area contributed by atoms with E-state index >= 15 is 0 Å². The molecule has 1 saturated heterocycles. The van der Waals surface area contributed by atoms with Crippen LogP contribution in [0.1, 0.15) is 75.2 Å². The Balaban J connectivity index is 0.00000111. The summed E-state index contributed by atoms with van der Waals surface area (Å²) < 4.78 is 6.34. The van der Waals surface area contributed by atoms with Gasteiger partial charge in [-0.3, -0.25) is 14.4 Å². The Kier molecular flexibility index (Phi) is 16.1. The fourth-order valence-corrected chi connectivity index (χ4v) is 8.01. The molecule has 0 amide bonds. The van der Waals surface area contributed by atoms with Gasteiger partial charge in [0.2, 0.25) is 0 Å². The Labute approximate surface area is 221 Å². The number of carbonyl (C=O) groups is 3. The zero-order chi connectivity index (χ0) is 26.2. The Hall–Kier alpha value is -1.52. The number of carboxylic acid groups (broad SMARTS) is 2. The molecule has 2 unspecified atom stereocenters. The van der Waals surface area contributed by atoms with Crippen LogP contribution in [0.3, 0.4) is 0 Å². The first-order valence-electron chi connectivity index (χ1n) is 12.0. The number of ether oxygens (including phenoxy) is 1. The molecular formula is C25H38O7S3. The van der Waals surface area contributed by atoms with Crippen molar-refractivity contribution < 1.29 is 34.4 Å². The number of aliphatic carboxylic acids is 2. The van der Waals surface area contributed by atoms with E-state index in [2.05, 4.69) is 0 Å². The maximum Gasteiger partial charge on any atom is 0.303 e. The van der Waals surface area contributed by atoms with Crippen LogP contribution in [0.25, 0.3) is 0 Å². The van der Waals surface area contributed by atoms with Gasteiger partial charge in [-0.2, -0.15) is 11.8 Å². The van der Waals surface area contributed by atoms with Gasteiger partial charge in [-0.25, -0.2) is 0 Å². The van der Waals surface area contributed by atoms with E-state index in [0.717, 1.165) is 48.5 Å². The lowest BCUT2D eigenvalue weighted by Crippen LogP contribution is -2.07. The van der Waals surface area contributed by atoms with Crippen molar-refractivity contribution in [2.45, 2.75) is 75.5 Å². The predicted molar refractivity (Wildman–Crippen MR) is 147 cm³/mol. The van der Waals surface area contributed by atoms with Crippen molar-refractivity contribution in [3.8, 4) is 11.5 Å². The van der Waals surface area contributed by atoms with Crippen molar-refractivity contribution in [3.63, 3.8) is 0 Å². The minimum Gasteiger partial charge on any atom is -0.507 e. The largest absolute Gasteiger partial charge is 0.507 e. The van der Waals surface area contributed by atoms with Crippen LogP contribution in [-0.2, 0) is 16.0 Å². The van der Waals surface area contributed by atoms with Crippen LogP contribution < -0.4 is 4.74 Å². The highest BCUT2D eigenvalue weighted by atomic mass is 32.2. The number of phenols is 1. The van der Waals surface area contributed by atoms with Crippen LogP contribution in [-0.4, -0.2) is 66.7 Å². The van der Waals surface area contributed by atoms with Crippen molar-refractivity contribution in [2.75, 3.05) is 23.9 Å². The number of benzene rings is 1. The number of aromatic hydroxyl groups is 1. The third-order valence-electron chi connectivity index (χ3n) is 5.07. The van der Waals surface area contributed by atoms with Gasteiger partial charge in [0.1, 0.15) is 11.5 Å². The van der Waals surface area contributed by atoms with E-state index in [4.69, 9.17) is 14.9 Å². The predicted octanol–water partition coefficient (Wildman–Crippen LogP) is 5.96. The van der Waals surface area contributed by atoms with E-state index in [1.54, 1.807) is 19.1 Å². The summed E-state index contributed by atoms with van der Waals surface area (Å²) in [5, 5.41) is 27.5. The number of phenolic OH excluding ortho intramolecular Hbond substituents is 1. The van der Waals surface area contributed by atoms with E-state index in [1.807, 2.05) is 42.2 Å². The highest BCUT2D eigenvalue weighted by molar-refractivity contribution is 8.20. The van der Waals surface area contributed by atoms with Crippen molar-refractivity contribution >= 4 is 53.0 Å². The lowest BCUT2D eigenvalue weighted by Gasteiger charge is -2.14. The molecule has 0 bridgehead atoms. The second-order valence-corrected chi connectivity index (χ2v) is 12.3. The Bertz CT molecular complexity index is 816. The van der Waals surface area contributed by atoms with Crippen LogP contribution in [0.4, 0.5) is 0 Å². The molecule has 1 heterocycles. The second kappa shape index (κ2) is 17.8. The molecule has 198 valence electrons. The number of carbonyl (C=O) groups excluding carboxylic acids is 1. The molecule has 0 saturated carbocycles. The average molecular weight is 547 g/mol. The summed E-state index contributed by atoms with van der Waals surface area (Å²) in [6, 6.07) is 3.44. The van der Waals surface area contributed by atoms with Gasteiger partial charge in [0.05, 0.1) is 16.8 Å². The first-order chi connectivity index (χ1) is 16.7. The molecule has 1 aliphatic heterocycles. The molecule has 2 atom stereocenters. The number of rotatable bonds is 15. The number of hydrogen-bond acceptors (Lipinski definition) is 8. The van der Waals surface area contributed by atoms with Crippen LogP contribution in [0, 0.1) is 0 Å². The summed E-state index contributed by atoms with van der Waals surface area (Å²) >= 11 is 5.79. The number of ketones is 1. The van der Waals surface area contributed by atoms with Gasteiger partial charge in [-0.1, -0.05) is 20.3 Å². The Morgan fingerprint density at radius 1 is 1.14 bits per heavy atom. The van der Waals surface area contributed by atoms with Crippen molar-refractivity contribution in [1.29, 1.82) is 0 Å². The molecule has 35 heavy (non-hydrogen) atoms. The van der Waals surface area contributed by atoms with E-state index < -0.39 is 11.9 Å². The molecule has 1 fully saturated rings. The molecule has 1 aromatic rings. The molecule has 0 spiro atoms. The molecule has 7 nitrogen and oxygen atoms in total. The summed E-state index contributed by atoms with van der Waals surface area (Å²) in [6.07, 6.45) is 4.81. The van der Waals surface area contributed by atoms with Gasteiger partial charge in [0.25, 0.3) is 0 Å². The quantitative estimate of drug-likeness (QED) is 0.179. The number of thioether (sulfide) groups is 3. The van der Waals surface area contributed by atoms with Gasteiger partial charge in [0, 0.05) is 35.2 Å². The molecular weight excluding hydrogens is 508 g/mol. The number of hydrogen-bond donors (Lipinski definition) is 3. The third-order valence-corrected chi connectivity index (χ3v) is 9.91. The topological polar surface area (TPSA) is 121 Å². The molecule has 0 aromatic heterocycles. The maximum atomic E-state index is 11.6. The Morgan fingerprint density at radius 3 is 2.46 bits per heavy atom. The zero-order valence-electron chi connectivity index (χ0n) is 20.8. The maximum absolute atomic E-state index is 11.6. The molecule has 0 aliphatic carbocycles. The first-order valence-corrected chi connectivity index (χ1v) is 15.1. The van der Waals surface area contributed by atoms with Crippen LogP contribution in [0.15, 0.2) is 12.1 Å². The summed E-state index contributed by atoms with van der Waals surface area (Å²) in [4.78, 5) is 31.7. The van der Waals surface area contributed by atoms with Gasteiger partial charge in [-0.05, 0) is 50.5 Å². The molecule has 1 aliphatic rings. The minimum atomic E-state index is -0.745. The number of Topliss-reactive ketones (excluding diaryl/α,β-unsaturated/α-hetero) is 1. The van der Waals surface area contributed by atoms with Gasteiger partial charge < -0.3 is 20.1 Å². The van der Waals surface area contributed by atoms with Gasteiger partial charge in [-0.15, -0.1) is 23.5 Å². The average Bonchev–Trinajstić information content (AvgIpc) is 3.27. The lowest BCUT2D eigenvalue weighted by atomic mass is 10.0. The monoisotopic (exact) mass is 546 g/mol. The zero-order valence-corrected chi connectivity index (χ0v) is 23.2. The van der Waals surface area contributed by atoms with E-state index in [-0.39, 0.29) is 24.4 Å². The molecule has 1 aromatic carbocycles. The van der Waals surface area contributed by atoms with Crippen molar-refractivity contribution in [3.05, 3.63) is 23.3 Å². The molecule has 2 rings (SSSR count). The summed E-state index contributed by atoms with van der Waals surface area (Å²) in [5.41, 5.74) is 1.09. The van der Waals surface area contributed by atoms with Crippen LogP contribution in [0.5, 0.6) is 11.5 Å². The third kappa shape index (κ3) is 12.8. The van der Waals surface area contributed by atoms with Crippen molar-refractivity contribution in [2.24, 2.45) is 0 Å². The fraction of sp³-hybridized carbons (Fsp3) is 0.640. The normalized spacial score (nSPS) is 16.9. The molecule has 10 heteroatoms. The molecule has 0 radical (unpaired) electrons. The lowest BCUT2D eigenvalue weighted by molar-refractivity contribution is -0.137. The summed E-state index contributed by atoms with van der Waals surface area (Å²) in [7, 11) is 0. The van der Waals surface area contributed by atoms with Gasteiger partial charge >= 0.3 is 11.9 Å². The van der Waals surface area contributed by atoms with Crippen molar-refractivity contribution in [1.82, 2.24) is 0 Å². The summed E-state index contributed by atoms with van der Waals surface area (Å²) in [6.45, 7) is 5.70. The highest BCUT2D eigenvalue weighted by Crippen LogP contribution is 2.41. The van der Waals surface area contributed by atoms with E-state index in [1.165, 1.54) is 6.92 Å². The first kappa shape index (κ1) is 31.5. The second-order valence-electron chi connectivity index (χ2n) is 8.08. The van der Waals surface area contributed by atoms with Gasteiger partial charge in [0.15, 0.2) is 5.78 Å². The number of carboxylic acids is 2. The Morgan fingerprint density at radius 2 is 1.86 bits per heavy atom. The van der Waals surface area contributed by atoms with E-state index in [0.29, 0.717) is 34.2 Å². The van der Waals surface area contributed by atoms with E-state index in [9.17, 15) is 19.5 Å². The standard InChI is InChI=1S/C22H32O5S3.C3H6O2/c1-3-6-18-19(8-7-17(15(2)23)22(18)26)27-11-4-5-12-28-13-16-14-29-21(30-16)10-9-20(24)25;1-2-3(4)5/h7-8,16,21,26H,3-6,9-14H2,1-2H3,(H,24,25);2H2,1H3,(H,4,5). The SMILES string of the molecule is CCC(=O)O.CCCc1c(OCCCCSCC2CSC(CCC(=O)O)S2)ccc(C(C)=O)c1O. The highest BCUT2D eigenvalue weighted by Gasteiger charge is 2.26. The fourth-order valence-electron chi connectivity index (χ4n) is 3.22. The smallest absolute Gasteiger partial charge is 0.303 e. The van der Waals surface area contributed by atoms with Crippen LogP contribution in [0.2, 0.25) is 0 Å². The number of unbranched alkanes of at least 4 members (excludes halogenated alkanes) is 1. The van der Waals surface area contributed by atoms with Crippen LogP contribution >= 0.6 is 35.3 Å². The minimum absolute atomic E-state index is 0.0611.